The SMILES string of the molecule is O=C(Nc1ccccc1Cl)c1ccc2nc(-c3ccc([N+](=O)[O-])o3)[nH]c2c1. The molecule has 0 atom stereocenters. The Balaban J connectivity index is 1.63. The molecule has 0 radical (unpaired) electrons. The lowest BCUT2D eigenvalue weighted by molar-refractivity contribution is -0.401. The van der Waals surface area contributed by atoms with Crippen LogP contribution in [-0.4, -0.2) is 20.8 Å². The van der Waals surface area contributed by atoms with Crippen molar-refractivity contribution in [3.63, 3.8) is 0 Å². The number of furan rings is 1. The maximum atomic E-state index is 12.5. The van der Waals surface area contributed by atoms with Crippen molar-refractivity contribution in [1.82, 2.24) is 9.97 Å². The van der Waals surface area contributed by atoms with Crippen LogP contribution in [0.2, 0.25) is 5.02 Å². The van der Waals surface area contributed by atoms with Crippen LogP contribution in [0.1, 0.15) is 10.4 Å². The third-order valence-corrected chi connectivity index (χ3v) is 4.20. The normalized spacial score (nSPS) is 10.9. The van der Waals surface area contributed by atoms with E-state index in [-0.39, 0.29) is 17.6 Å². The zero-order chi connectivity index (χ0) is 19.0. The summed E-state index contributed by atoms with van der Waals surface area (Å²) < 4.78 is 5.14. The Morgan fingerprint density at radius 3 is 2.74 bits per heavy atom. The number of anilines is 1. The first kappa shape index (κ1) is 16.8. The summed E-state index contributed by atoms with van der Waals surface area (Å²) in [6, 6.07) is 14.6. The summed E-state index contributed by atoms with van der Waals surface area (Å²) in [4.78, 5) is 29.9. The number of carbonyl (C=O) groups excluding carboxylic acids is 1. The molecule has 2 aromatic heterocycles. The Morgan fingerprint density at radius 2 is 2.00 bits per heavy atom. The van der Waals surface area contributed by atoms with Gasteiger partial charge in [-0.15, -0.1) is 0 Å². The molecule has 9 heteroatoms. The lowest BCUT2D eigenvalue weighted by Gasteiger charge is -2.06. The van der Waals surface area contributed by atoms with Crippen LogP contribution >= 0.6 is 11.6 Å². The van der Waals surface area contributed by atoms with Gasteiger partial charge < -0.3 is 14.7 Å². The molecule has 0 fully saturated rings. The second-order valence-electron chi connectivity index (χ2n) is 5.65. The summed E-state index contributed by atoms with van der Waals surface area (Å²) in [6.45, 7) is 0. The number of hydrogen-bond acceptors (Lipinski definition) is 5. The number of fused-ring (bicyclic) bond motifs is 1. The van der Waals surface area contributed by atoms with Crippen LogP contribution in [0.3, 0.4) is 0 Å². The van der Waals surface area contributed by atoms with E-state index >= 15 is 0 Å². The van der Waals surface area contributed by atoms with Crippen molar-refractivity contribution in [2.45, 2.75) is 0 Å². The van der Waals surface area contributed by atoms with Crippen LogP contribution in [0, 0.1) is 10.1 Å². The number of nitro groups is 1. The highest BCUT2D eigenvalue weighted by atomic mass is 35.5. The molecule has 0 saturated carbocycles. The molecule has 134 valence electrons. The van der Waals surface area contributed by atoms with E-state index < -0.39 is 4.92 Å². The van der Waals surface area contributed by atoms with E-state index in [1.54, 1.807) is 42.5 Å². The Bertz CT molecular complexity index is 1180. The Morgan fingerprint density at radius 1 is 1.19 bits per heavy atom. The first-order chi connectivity index (χ1) is 13.0. The monoisotopic (exact) mass is 382 g/mol. The van der Waals surface area contributed by atoms with Gasteiger partial charge in [0.05, 0.1) is 27.8 Å². The van der Waals surface area contributed by atoms with E-state index in [0.717, 1.165) is 0 Å². The van der Waals surface area contributed by atoms with Crippen molar-refractivity contribution in [3.05, 3.63) is 75.3 Å². The van der Waals surface area contributed by atoms with Gasteiger partial charge in [0.15, 0.2) is 11.6 Å². The van der Waals surface area contributed by atoms with Gasteiger partial charge in [-0.3, -0.25) is 14.9 Å². The summed E-state index contributed by atoms with van der Waals surface area (Å²) in [5.74, 6) is -0.123. The fraction of sp³-hybridized carbons (Fsp3) is 0. The second kappa shape index (κ2) is 6.58. The maximum Gasteiger partial charge on any atom is 0.433 e. The summed E-state index contributed by atoms with van der Waals surface area (Å²) in [6.07, 6.45) is 0. The lowest BCUT2D eigenvalue weighted by Crippen LogP contribution is -2.12. The van der Waals surface area contributed by atoms with E-state index in [1.165, 1.54) is 12.1 Å². The quantitative estimate of drug-likeness (QED) is 0.394. The number of halogens is 1. The number of aromatic amines is 1. The van der Waals surface area contributed by atoms with Crippen molar-refractivity contribution in [1.29, 1.82) is 0 Å². The van der Waals surface area contributed by atoms with E-state index in [1.807, 2.05) is 0 Å². The molecule has 0 spiro atoms. The number of benzene rings is 2. The maximum absolute atomic E-state index is 12.5. The number of aromatic nitrogens is 2. The molecule has 0 saturated heterocycles. The molecule has 0 aliphatic heterocycles. The predicted molar refractivity (Wildman–Crippen MR) is 99.9 cm³/mol. The van der Waals surface area contributed by atoms with E-state index in [4.69, 9.17) is 16.0 Å². The molecule has 0 aliphatic carbocycles. The minimum atomic E-state index is -0.622. The van der Waals surface area contributed by atoms with Gasteiger partial charge in [0.2, 0.25) is 0 Å². The summed E-state index contributed by atoms with van der Waals surface area (Å²) in [5, 5.41) is 13.9. The number of amides is 1. The predicted octanol–water partition coefficient (Wildman–Crippen LogP) is 4.64. The Hall–Kier alpha value is -3.65. The number of hydrogen-bond donors (Lipinski definition) is 2. The molecule has 4 rings (SSSR count). The van der Waals surface area contributed by atoms with Gasteiger partial charge in [-0.1, -0.05) is 23.7 Å². The standard InChI is InChI=1S/C18H11ClN4O4/c19-11-3-1-2-4-12(11)22-18(24)10-5-6-13-14(9-10)21-17(20-13)15-7-8-16(27-15)23(25)26/h1-9H,(H,20,21)(H,22,24). The molecular weight excluding hydrogens is 372 g/mol. The Kier molecular flexibility index (Phi) is 4.09. The van der Waals surface area contributed by atoms with E-state index in [9.17, 15) is 14.9 Å². The molecule has 0 bridgehead atoms. The van der Waals surface area contributed by atoms with Gasteiger partial charge in [-0.05, 0) is 36.4 Å². The average Bonchev–Trinajstić information content (AvgIpc) is 3.29. The zero-order valence-electron chi connectivity index (χ0n) is 13.6. The number of rotatable bonds is 4. The molecule has 4 aromatic rings. The highest BCUT2D eigenvalue weighted by Gasteiger charge is 2.16. The van der Waals surface area contributed by atoms with Gasteiger partial charge >= 0.3 is 5.88 Å². The van der Waals surface area contributed by atoms with Crippen molar-refractivity contribution < 1.29 is 14.1 Å². The van der Waals surface area contributed by atoms with Crippen LogP contribution in [0.25, 0.3) is 22.6 Å². The van der Waals surface area contributed by atoms with Crippen LogP contribution in [0.5, 0.6) is 0 Å². The van der Waals surface area contributed by atoms with E-state index in [0.29, 0.717) is 33.1 Å². The highest BCUT2D eigenvalue weighted by Crippen LogP contribution is 2.27. The summed E-state index contributed by atoms with van der Waals surface area (Å²) >= 11 is 6.06. The largest absolute Gasteiger partial charge is 0.433 e. The average molecular weight is 383 g/mol. The molecule has 27 heavy (non-hydrogen) atoms. The van der Waals surface area contributed by atoms with Gasteiger partial charge in [-0.2, -0.15) is 0 Å². The van der Waals surface area contributed by atoms with Crippen molar-refractivity contribution >= 4 is 40.1 Å². The van der Waals surface area contributed by atoms with Crippen LogP contribution < -0.4 is 5.32 Å². The van der Waals surface area contributed by atoms with Crippen LogP contribution in [0.15, 0.2) is 59.0 Å². The number of para-hydroxylation sites is 1. The Labute approximate surface area is 156 Å². The molecular formula is C18H11ClN4O4. The smallest absolute Gasteiger partial charge is 0.397 e. The number of H-pyrrole nitrogens is 1. The third kappa shape index (κ3) is 3.25. The number of imidazole rings is 1. The van der Waals surface area contributed by atoms with Crippen molar-refractivity contribution in [3.8, 4) is 11.6 Å². The minimum absolute atomic E-state index is 0.236. The zero-order valence-corrected chi connectivity index (χ0v) is 14.4. The lowest BCUT2D eigenvalue weighted by atomic mass is 10.2. The first-order valence-electron chi connectivity index (χ1n) is 7.81. The number of carbonyl (C=O) groups is 1. The minimum Gasteiger partial charge on any atom is -0.397 e. The number of nitrogens with one attached hydrogen (secondary N) is 2. The van der Waals surface area contributed by atoms with Crippen molar-refractivity contribution in [2.24, 2.45) is 0 Å². The van der Waals surface area contributed by atoms with Gasteiger partial charge in [-0.25, -0.2) is 4.98 Å². The van der Waals surface area contributed by atoms with Crippen LogP contribution in [-0.2, 0) is 0 Å². The van der Waals surface area contributed by atoms with Crippen LogP contribution in [0.4, 0.5) is 11.6 Å². The highest BCUT2D eigenvalue weighted by molar-refractivity contribution is 6.33. The molecule has 2 aromatic carbocycles. The molecule has 0 unspecified atom stereocenters. The van der Waals surface area contributed by atoms with Crippen molar-refractivity contribution in [2.75, 3.05) is 5.32 Å². The second-order valence-corrected chi connectivity index (χ2v) is 6.05. The first-order valence-corrected chi connectivity index (χ1v) is 8.19. The fourth-order valence-corrected chi connectivity index (χ4v) is 2.76. The summed E-state index contributed by atoms with van der Waals surface area (Å²) in [7, 11) is 0. The van der Waals surface area contributed by atoms with Gasteiger partial charge in [0, 0.05) is 5.56 Å². The van der Waals surface area contributed by atoms with E-state index in [2.05, 4.69) is 15.3 Å². The number of nitrogens with zero attached hydrogens (tertiary/aromatic N) is 2. The van der Waals surface area contributed by atoms with Gasteiger partial charge in [0.25, 0.3) is 5.91 Å². The third-order valence-electron chi connectivity index (χ3n) is 3.87. The molecule has 0 aliphatic rings. The van der Waals surface area contributed by atoms with Gasteiger partial charge in [0.1, 0.15) is 4.92 Å². The summed E-state index contributed by atoms with van der Waals surface area (Å²) in [5.41, 5.74) is 2.11. The molecule has 8 nitrogen and oxygen atoms in total. The molecule has 2 heterocycles. The molecule has 2 N–H and O–H groups in total. The topological polar surface area (TPSA) is 114 Å². The molecule has 1 amide bonds. The fourth-order valence-electron chi connectivity index (χ4n) is 2.58.